The second-order valence-electron chi connectivity index (χ2n) is 4.43. The topological polar surface area (TPSA) is 68.4 Å². The molecule has 1 N–H and O–H groups in total. The van der Waals surface area contributed by atoms with Crippen LogP contribution in [0.1, 0.15) is 10.4 Å². The van der Waals surface area contributed by atoms with Crippen LogP contribution in [0.5, 0.6) is 0 Å². The summed E-state index contributed by atoms with van der Waals surface area (Å²) in [6.07, 6.45) is 6.73. The van der Waals surface area contributed by atoms with Crippen LogP contribution in [0.3, 0.4) is 0 Å². The lowest BCUT2D eigenvalue weighted by Crippen LogP contribution is -2.18. The van der Waals surface area contributed by atoms with Gasteiger partial charge in [-0.3, -0.25) is 9.59 Å². The lowest BCUT2D eigenvalue weighted by atomic mass is 10.2. The number of aromatic nitrogens is 3. The number of hydrogen-bond acceptors (Lipinski definition) is 3. The molecule has 6 nitrogen and oxygen atoms in total. The molecule has 0 aliphatic heterocycles. The smallest absolute Gasteiger partial charge is 0.257 e. The third-order valence-corrected chi connectivity index (χ3v) is 2.99. The minimum Gasteiger partial charge on any atom is -0.321 e. The fourth-order valence-electron chi connectivity index (χ4n) is 1.93. The summed E-state index contributed by atoms with van der Waals surface area (Å²) in [5.74, 6) is -0.237. The third kappa shape index (κ3) is 2.18. The molecule has 0 bridgehead atoms. The van der Waals surface area contributed by atoms with Gasteiger partial charge in [0.2, 0.25) is 5.56 Å². The molecular formula is C14H12N4O2. The van der Waals surface area contributed by atoms with E-state index in [1.54, 1.807) is 54.4 Å². The molecule has 0 fully saturated rings. The Balaban J connectivity index is 1.88. The van der Waals surface area contributed by atoms with E-state index in [1.807, 2.05) is 0 Å². The number of nitrogens with zero attached hydrogens (tertiary/aromatic N) is 3. The molecular weight excluding hydrogens is 256 g/mol. The molecule has 3 heterocycles. The molecule has 20 heavy (non-hydrogen) atoms. The highest BCUT2D eigenvalue weighted by atomic mass is 16.1. The highest BCUT2D eigenvalue weighted by Crippen LogP contribution is 2.09. The highest BCUT2D eigenvalue weighted by molar-refractivity contribution is 6.04. The minimum atomic E-state index is -0.237. The van der Waals surface area contributed by atoms with Crippen LogP contribution in [0, 0.1) is 0 Å². The molecule has 0 unspecified atom stereocenters. The summed E-state index contributed by atoms with van der Waals surface area (Å²) in [5.41, 5.74) is 1.75. The molecule has 0 aliphatic carbocycles. The van der Waals surface area contributed by atoms with Gasteiger partial charge in [-0.05, 0) is 18.2 Å². The molecule has 1 amide bonds. The fraction of sp³-hybridized carbons (Fsp3) is 0.0714. The van der Waals surface area contributed by atoms with E-state index in [0.29, 0.717) is 11.3 Å². The molecule has 3 aromatic heterocycles. The van der Waals surface area contributed by atoms with Crippen molar-refractivity contribution in [1.82, 2.24) is 14.0 Å². The number of nitrogens with one attached hydrogen (secondary N) is 1. The number of amides is 1. The third-order valence-electron chi connectivity index (χ3n) is 2.99. The van der Waals surface area contributed by atoms with E-state index in [1.165, 1.54) is 10.6 Å². The Kier molecular flexibility index (Phi) is 2.83. The number of hydrogen-bond donors (Lipinski definition) is 1. The molecule has 3 aromatic rings. The molecule has 3 rings (SSSR count). The second-order valence-corrected chi connectivity index (χ2v) is 4.43. The Bertz CT molecular complexity index is 848. The SMILES string of the molecule is Cn1cc(NC(=O)c2ccc3nccn3c2)ccc1=O. The molecule has 0 atom stereocenters. The quantitative estimate of drug-likeness (QED) is 0.761. The van der Waals surface area contributed by atoms with Crippen molar-refractivity contribution in [1.29, 1.82) is 0 Å². The fourth-order valence-corrected chi connectivity index (χ4v) is 1.93. The van der Waals surface area contributed by atoms with E-state index in [0.717, 1.165) is 5.65 Å². The molecule has 100 valence electrons. The van der Waals surface area contributed by atoms with Crippen molar-refractivity contribution in [3.8, 4) is 0 Å². The van der Waals surface area contributed by atoms with Gasteiger partial charge in [-0.15, -0.1) is 0 Å². The predicted molar refractivity (Wildman–Crippen MR) is 74.8 cm³/mol. The zero-order chi connectivity index (χ0) is 14.1. The van der Waals surface area contributed by atoms with Gasteiger partial charge in [0.1, 0.15) is 5.65 Å². The van der Waals surface area contributed by atoms with E-state index in [-0.39, 0.29) is 11.5 Å². The highest BCUT2D eigenvalue weighted by Gasteiger charge is 2.07. The van der Waals surface area contributed by atoms with Gasteiger partial charge in [0.25, 0.3) is 5.91 Å². The summed E-state index contributed by atoms with van der Waals surface area (Å²) >= 11 is 0. The molecule has 6 heteroatoms. The van der Waals surface area contributed by atoms with Crippen molar-refractivity contribution in [3.63, 3.8) is 0 Å². The first-order valence-corrected chi connectivity index (χ1v) is 6.04. The van der Waals surface area contributed by atoms with Gasteiger partial charge in [-0.25, -0.2) is 4.98 Å². The van der Waals surface area contributed by atoms with Gasteiger partial charge in [0.05, 0.1) is 11.3 Å². The monoisotopic (exact) mass is 268 g/mol. The van der Waals surface area contributed by atoms with Crippen molar-refractivity contribution in [2.45, 2.75) is 0 Å². The number of imidazole rings is 1. The Hall–Kier alpha value is -2.89. The Morgan fingerprint density at radius 3 is 2.85 bits per heavy atom. The number of aryl methyl sites for hydroxylation is 1. The first-order valence-electron chi connectivity index (χ1n) is 6.04. The van der Waals surface area contributed by atoms with Gasteiger partial charge in [0, 0.05) is 37.9 Å². The van der Waals surface area contributed by atoms with Crippen LogP contribution in [-0.2, 0) is 7.05 Å². The Morgan fingerprint density at radius 1 is 1.20 bits per heavy atom. The van der Waals surface area contributed by atoms with Crippen LogP contribution in [0.4, 0.5) is 5.69 Å². The van der Waals surface area contributed by atoms with E-state index >= 15 is 0 Å². The van der Waals surface area contributed by atoms with Crippen molar-refractivity contribution in [2.75, 3.05) is 5.32 Å². The maximum atomic E-state index is 12.1. The standard InChI is InChI=1S/C14H12N4O2/c1-17-9-11(3-5-13(17)19)16-14(20)10-2-4-12-15-6-7-18(12)8-10/h2-9H,1H3,(H,16,20). The minimum absolute atomic E-state index is 0.122. The molecule has 0 saturated carbocycles. The summed E-state index contributed by atoms with van der Waals surface area (Å²) in [6, 6.07) is 6.47. The zero-order valence-electron chi connectivity index (χ0n) is 10.8. The molecule has 0 aromatic carbocycles. The van der Waals surface area contributed by atoms with Gasteiger partial charge < -0.3 is 14.3 Å². The number of carbonyl (C=O) groups is 1. The number of rotatable bonds is 2. The van der Waals surface area contributed by atoms with Crippen molar-refractivity contribution in [2.24, 2.45) is 7.05 Å². The van der Waals surface area contributed by atoms with E-state index in [4.69, 9.17) is 0 Å². The number of fused-ring (bicyclic) bond motifs is 1. The van der Waals surface area contributed by atoms with Crippen LogP contribution in [0.2, 0.25) is 0 Å². The molecule has 0 radical (unpaired) electrons. The zero-order valence-corrected chi connectivity index (χ0v) is 10.8. The van der Waals surface area contributed by atoms with Gasteiger partial charge in [-0.1, -0.05) is 0 Å². The number of pyridine rings is 2. The lowest BCUT2D eigenvalue weighted by Gasteiger charge is -2.07. The normalized spacial score (nSPS) is 10.7. The van der Waals surface area contributed by atoms with Crippen LogP contribution in [0.25, 0.3) is 5.65 Å². The first-order chi connectivity index (χ1) is 9.63. The van der Waals surface area contributed by atoms with Crippen LogP contribution >= 0.6 is 0 Å². The largest absolute Gasteiger partial charge is 0.321 e. The van der Waals surface area contributed by atoms with Crippen molar-refractivity contribution >= 4 is 17.2 Å². The van der Waals surface area contributed by atoms with Crippen molar-refractivity contribution < 1.29 is 4.79 Å². The van der Waals surface area contributed by atoms with Crippen LogP contribution in [-0.4, -0.2) is 19.9 Å². The number of anilines is 1. The average molecular weight is 268 g/mol. The maximum Gasteiger partial charge on any atom is 0.257 e. The van der Waals surface area contributed by atoms with Gasteiger partial charge in [-0.2, -0.15) is 0 Å². The summed E-state index contributed by atoms with van der Waals surface area (Å²) < 4.78 is 3.18. The second kappa shape index (κ2) is 4.65. The lowest BCUT2D eigenvalue weighted by molar-refractivity contribution is 0.102. The Labute approximate surface area is 114 Å². The molecule has 0 aliphatic rings. The maximum absolute atomic E-state index is 12.1. The predicted octanol–water partition coefficient (Wildman–Crippen LogP) is 1.29. The summed E-state index contributed by atoms with van der Waals surface area (Å²) in [5, 5.41) is 2.75. The van der Waals surface area contributed by atoms with Gasteiger partial charge in [0.15, 0.2) is 0 Å². The van der Waals surface area contributed by atoms with Crippen molar-refractivity contribution in [3.05, 3.63) is 65.0 Å². The van der Waals surface area contributed by atoms with Gasteiger partial charge >= 0.3 is 0 Å². The number of carbonyl (C=O) groups excluding carboxylic acids is 1. The molecule has 0 saturated heterocycles. The first kappa shape index (κ1) is 12.2. The molecule has 0 spiro atoms. The summed E-state index contributed by atoms with van der Waals surface area (Å²) in [7, 11) is 1.63. The van der Waals surface area contributed by atoms with E-state index in [9.17, 15) is 9.59 Å². The average Bonchev–Trinajstić information content (AvgIpc) is 2.90. The van der Waals surface area contributed by atoms with Crippen LogP contribution in [0.15, 0.2) is 53.8 Å². The summed E-state index contributed by atoms with van der Waals surface area (Å²) in [4.78, 5) is 27.5. The van der Waals surface area contributed by atoms with E-state index in [2.05, 4.69) is 10.3 Å². The Morgan fingerprint density at radius 2 is 2.05 bits per heavy atom. The van der Waals surface area contributed by atoms with Crippen LogP contribution < -0.4 is 10.9 Å². The summed E-state index contributed by atoms with van der Waals surface area (Å²) in [6.45, 7) is 0. The van der Waals surface area contributed by atoms with E-state index < -0.39 is 0 Å².